The van der Waals surface area contributed by atoms with Crippen molar-refractivity contribution in [3.63, 3.8) is 0 Å². The fraction of sp³-hybridized carbons (Fsp3) is 0.435. The van der Waals surface area contributed by atoms with Gasteiger partial charge in [-0.15, -0.1) is 0 Å². The van der Waals surface area contributed by atoms with Gasteiger partial charge in [-0.05, 0) is 40.2 Å². The van der Waals surface area contributed by atoms with Crippen molar-refractivity contribution in [1.29, 1.82) is 0 Å². The zero-order valence-corrected chi connectivity index (χ0v) is 18.8. The first kappa shape index (κ1) is 24.4. The summed E-state index contributed by atoms with van der Waals surface area (Å²) < 4.78 is 42.0. The number of carboxylic acid groups (broad SMARTS) is 1. The lowest BCUT2D eigenvalue weighted by atomic mass is 10.1. The van der Waals surface area contributed by atoms with Crippen LogP contribution in [0.4, 0.5) is 8.78 Å². The summed E-state index contributed by atoms with van der Waals surface area (Å²) in [5.41, 5.74) is -1.83. The number of carbonyl (C=O) groups is 2. The van der Waals surface area contributed by atoms with Gasteiger partial charge in [-0.25, -0.2) is 14.0 Å². The van der Waals surface area contributed by atoms with E-state index in [-0.39, 0.29) is 17.4 Å². The molecule has 0 radical (unpaired) electrons. The summed E-state index contributed by atoms with van der Waals surface area (Å²) in [4.78, 5) is 37.2. The molecule has 1 fully saturated rings. The number of hydrogen-bond donors (Lipinski definition) is 2. The summed E-state index contributed by atoms with van der Waals surface area (Å²) in [6, 6.07) is 0.00141. The van der Waals surface area contributed by atoms with Gasteiger partial charge in [-0.1, -0.05) is 12.2 Å². The maximum atomic E-state index is 15.0. The van der Waals surface area contributed by atoms with E-state index in [1.165, 1.54) is 4.57 Å². The molecular weight excluding hydrogens is 438 g/mol. The van der Waals surface area contributed by atoms with Crippen LogP contribution in [-0.4, -0.2) is 45.9 Å². The van der Waals surface area contributed by atoms with Gasteiger partial charge < -0.3 is 24.5 Å². The summed E-state index contributed by atoms with van der Waals surface area (Å²) in [5.74, 6) is -5.80. The Bertz CT molecular complexity index is 1200. The number of carboxylic acids is 1. The minimum atomic E-state index is -1.50. The molecule has 33 heavy (non-hydrogen) atoms. The lowest BCUT2D eigenvalue weighted by Crippen LogP contribution is -2.47. The van der Waals surface area contributed by atoms with Crippen LogP contribution in [0.2, 0.25) is 0 Å². The van der Waals surface area contributed by atoms with Crippen molar-refractivity contribution in [2.24, 2.45) is 0 Å². The Morgan fingerprint density at radius 2 is 2.03 bits per heavy atom. The Kier molecular flexibility index (Phi) is 6.60. The topological polar surface area (TPSA) is 107 Å². The van der Waals surface area contributed by atoms with E-state index in [9.17, 15) is 23.9 Å². The predicted molar refractivity (Wildman–Crippen MR) is 117 cm³/mol. The molecule has 1 aromatic carbocycles. The second-order valence-corrected chi connectivity index (χ2v) is 8.87. The van der Waals surface area contributed by atoms with E-state index in [0.29, 0.717) is 19.0 Å². The van der Waals surface area contributed by atoms with Crippen LogP contribution in [0.5, 0.6) is 5.75 Å². The number of fused-ring (bicyclic) bond motifs is 1. The number of hydrogen-bond acceptors (Lipinski definition) is 6. The third-order valence-electron chi connectivity index (χ3n) is 5.15. The van der Waals surface area contributed by atoms with Crippen molar-refractivity contribution < 1.29 is 33.0 Å². The summed E-state index contributed by atoms with van der Waals surface area (Å²) in [5, 5.41) is 12.0. The Hall–Kier alpha value is -3.27. The monoisotopic (exact) mass is 464 g/mol. The van der Waals surface area contributed by atoms with E-state index in [1.807, 2.05) is 0 Å². The van der Waals surface area contributed by atoms with Crippen LogP contribution in [0.1, 0.15) is 44.5 Å². The number of benzene rings is 1. The molecular formula is C23H26F2N2O6. The molecule has 0 bridgehead atoms. The van der Waals surface area contributed by atoms with Gasteiger partial charge >= 0.3 is 11.9 Å². The minimum absolute atomic E-state index is 0.119. The second-order valence-electron chi connectivity index (χ2n) is 8.87. The van der Waals surface area contributed by atoms with Crippen molar-refractivity contribution in [3.05, 3.63) is 51.8 Å². The number of pyridine rings is 1. The largest absolute Gasteiger partial charge is 0.477 e. The van der Waals surface area contributed by atoms with Crippen LogP contribution in [-0.2, 0) is 16.1 Å². The zero-order chi connectivity index (χ0) is 24.7. The third kappa shape index (κ3) is 4.90. The molecule has 10 heteroatoms. The molecule has 8 nitrogen and oxygen atoms in total. The molecule has 2 N–H and O–H groups in total. The molecule has 1 aromatic heterocycles. The smallest absolute Gasteiger partial charge is 0.349 e. The Morgan fingerprint density at radius 3 is 2.55 bits per heavy atom. The van der Waals surface area contributed by atoms with Crippen LogP contribution in [0.15, 0.2) is 29.2 Å². The van der Waals surface area contributed by atoms with Crippen LogP contribution >= 0.6 is 0 Å². The van der Waals surface area contributed by atoms with Gasteiger partial charge in [0.25, 0.3) is 0 Å². The molecule has 2 atom stereocenters. The number of esters is 1. The first-order chi connectivity index (χ1) is 15.3. The Morgan fingerprint density at radius 1 is 1.36 bits per heavy atom. The average molecular weight is 464 g/mol. The standard InChI is InChI=1S/C23H26F2N2O6/c1-6-27-10-13(21(29)30)18(28)12-8-14(24)16(25)20(17(12)27)32-19(15-7-11(2)9-26-15)22(31)33-23(3,4)5/h8,10,15,19,26H,2,6-7,9H2,1,3-5H3,(H,29,30)/t15-,19?/m0/s1. The van der Waals surface area contributed by atoms with Crippen LogP contribution in [0.25, 0.3) is 10.9 Å². The molecule has 3 rings (SSSR count). The Balaban J connectivity index is 2.23. The average Bonchev–Trinajstić information content (AvgIpc) is 3.13. The summed E-state index contributed by atoms with van der Waals surface area (Å²) in [6.07, 6.45) is -0.0137. The fourth-order valence-electron chi connectivity index (χ4n) is 3.71. The number of nitrogens with zero attached hydrogens (tertiary/aromatic N) is 1. The third-order valence-corrected chi connectivity index (χ3v) is 5.15. The van der Waals surface area contributed by atoms with Gasteiger partial charge in [0.05, 0.1) is 16.9 Å². The predicted octanol–water partition coefficient (Wildman–Crippen LogP) is 3.01. The van der Waals surface area contributed by atoms with Crippen LogP contribution < -0.4 is 15.5 Å². The molecule has 178 valence electrons. The molecule has 1 saturated heterocycles. The quantitative estimate of drug-likeness (QED) is 0.500. The lowest BCUT2D eigenvalue weighted by molar-refractivity contribution is -0.164. The van der Waals surface area contributed by atoms with Gasteiger partial charge in [0.15, 0.2) is 11.6 Å². The highest BCUT2D eigenvalue weighted by Gasteiger charge is 2.38. The lowest BCUT2D eigenvalue weighted by Gasteiger charge is -2.28. The van der Waals surface area contributed by atoms with Crippen molar-refractivity contribution in [2.45, 2.75) is 58.4 Å². The molecule has 1 aliphatic rings. The van der Waals surface area contributed by atoms with E-state index in [2.05, 4.69) is 11.9 Å². The van der Waals surface area contributed by atoms with Crippen molar-refractivity contribution in [3.8, 4) is 5.75 Å². The van der Waals surface area contributed by atoms with Gasteiger partial charge in [-0.2, -0.15) is 4.39 Å². The highest BCUT2D eigenvalue weighted by atomic mass is 19.2. The summed E-state index contributed by atoms with van der Waals surface area (Å²) >= 11 is 0. The molecule has 1 aliphatic heterocycles. The zero-order valence-electron chi connectivity index (χ0n) is 18.8. The van der Waals surface area contributed by atoms with Crippen molar-refractivity contribution >= 4 is 22.8 Å². The van der Waals surface area contributed by atoms with E-state index in [4.69, 9.17) is 9.47 Å². The molecule has 0 aliphatic carbocycles. The molecule has 0 amide bonds. The number of aryl methyl sites for hydroxylation is 1. The molecule has 2 aromatic rings. The number of rotatable bonds is 6. The van der Waals surface area contributed by atoms with E-state index >= 15 is 4.39 Å². The van der Waals surface area contributed by atoms with E-state index in [1.54, 1.807) is 27.7 Å². The number of carbonyl (C=O) groups excluding carboxylic acids is 1. The van der Waals surface area contributed by atoms with Gasteiger partial charge in [0.2, 0.25) is 17.3 Å². The van der Waals surface area contributed by atoms with E-state index < -0.39 is 58.1 Å². The number of aromatic carboxylic acids is 1. The highest BCUT2D eigenvalue weighted by Crippen LogP contribution is 2.33. The number of nitrogens with one attached hydrogen (secondary N) is 1. The van der Waals surface area contributed by atoms with Gasteiger partial charge in [0, 0.05) is 19.3 Å². The van der Waals surface area contributed by atoms with Crippen LogP contribution in [0, 0.1) is 11.6 Å². The molecule has 0 saturated carbocycles. The van der Waals surface area contributed by atoms with Crippen molar-refractivity contribution in [1.82, 2.24) is 9.88 Å². The normalized spacial score (nSPS) is 17.3. The first-order valence-corrected chi connectivity index (χ1v) is 10.4. The fourth-order valence-corrected chi connectivity index (χ4v) is 3.71. The van der Waals surface area contributed by atoms with Crippen molar-refractivity contribution in [2.75, 3.05) is 6.54 Å². The number of aromatic nitrogens is 1. The highest BCUT2D eigenvalue weighted by molar-refractivity contribution is 5.94. The van der Waals surface area contributed by atoms with Crippen LogP contribution in [0.3, 0.4) is 0 Å². The molecule has 1 unspecified atom stereocenters. The number of ether oxygens (including phenoxy) is 2. The summed E-state index contributed by atoms with van der Waals surface area (Å²) in [7, 11) is 0. The van der Waals surface area contributed by atoms with E-state index in [0.717, 1.165) is 11.8 Å². The van der Waals surface area contributed by atoms with Gasteiger partial charge in [-0.3, -0.25) is 4.79 Å². The summed E-state index contributed by atoms with van der Waals surface area (Å²) in [6.45, 7) is 11.0. The maximum absolute atomic E-state index is 15.0. The Labute approximate surface area is 188 Å². The van der Waals surface area contributed by atoms with Gasteiger partial charge in [0.1, 0.15) is 11.2 Å². The number of halogens is 2. The second kappa shape index (κ2) is 8.93. The first-order valence-electron chi connectivity index (χ1n) is 10.4. The maximum Gasteiger partial charge on any atom is 0.349 e. The molecule has 2 heterocycles. The SMILES string of the molecule is C=C1CN[C@H](C(Oc2c(F)c(F)cc3c(=O)c(C(=O)O)cn(CC)c23)C(=O)OC(C)(C)C)C1. The molecule has 0 spiro atoms. The minimum Gasteiger partial charge on any atom is -0.477 e.